The highest BCUT2D eigenvalue weighted by Gasteiger charge is 2.47. The highest BCUT2D eigenvalue weighted by Crippen LogP contribution is 2.45. The van der Waals surface area contributed by atoms with E-state index in [2.05, 4.69) is 0 Å². The molecular weight excluding hydrogens is 229 g/mol. The number of halogens is 1. The number of carbonyl (C=O) groups excluding carboxylic acids is 1. The first kappa shape index (κ1) is 11.7. The van der Waals surface area contributed by atoms with Gasteiger partial charge < -0.3 is 4.90 Å². The fourth-order valence-corrected chi connectivity index (χ4v) is 3.29. The zero-order valence-corrected chi connectivity index (χ0v) is 10.9. The lowest BCUT2D eigenvalue weighted by Crippen LogP contribution is -2.42. The number of anilines is 1. The Morgan fingerprint density at radius 3 is 2.61 bits per heavy atom. The maximum Gasteiger partial charge on any atom is 0.237 e. The number of para-hydroxylation sites is 1. The lowest BCUT2D eigenvalue weighted by molar-refractivity contribution is -0.122. The largest absolute Gasteiger partial charge is 0.306 e. The lowest BCUT2D eigenvalue weighted by Gasteiger charge is -2.26. The molecule has 18 heavy (non-hydrogen) atoms. The smallest absolute Gasteiger partial charge is 0.237 e. The van der Waals surface area contributed by atoms with E-state index in [1.165, 1.54) is 6.07 Å². The molecular formula is C15H18FNO. The van der Waals surface area contributed by atoms with Gasteiger partial charge in [-0.3, -0.25) is 4.79 Å². The fraction of sp³-hybridized carbons (Fsp3) is 0.533. The van der Waals surface area contributed by atoms with E-state index in [0.29, 0.717) is 5.69 Å². The Morgan fingerprint density at radius 2 is 1.94 bits per heavy atom. The van der Waals surface area contributed by atoms with Gasteiger partial charge >= 0.3 is 0 Å². The summed E-state index contributed by atoms with van der Waals surface area (Å²) in [5.41, 5.74) is 0.763. The van der Waals surface area contributed by atoms with E-state index in [1.54, 1.807) is 11.0 Å². The fourth-order valence-electron chi connectivity index (χ4n) is 3.29. The molecule has 0 saturated heterocycles. The van der Waals surface area contributed by atoms with Gasteiger partial charge in [0.25, 0.3) is 0 Å². The van der Waals surface area contributed by atoms with Crippen molar-refractivity contribution in [2.45, 2.75) is 51.0 Å². The molecule has 1 saturated carbocycles. The Labute approximate surface area is 107 Å². The molecule has 3 heteroatoms. The van der Waals surface area contributed by atoms with E-state index in [-0.39, 0.29) is 17.8 Å². The maximum absolute atomic E-state index is 14.1. The second-order valence-electron chi connectivity index (χ2n) is 5.87. The summed E-state index contributed by atoms with van der Waals surface area (Å²) < 4.78 is 14.1. The minimum Gasteiger partial charge on any atom is -0.306 e. The van der Waals surface area contributed by atoms with Gasteiger partial charge in [-0.2, -0.15) is 0 Å². The van der Waals surface area contributed by atoms with Crippen LogP contribution in [-0.2, 0) is 10.2 Å². The molecule has 1 amide bonds. The molecule has 96 valence electrons. The van der Waals surface area contributed by atoms with Crippen molar-refractivity contribution in [2.24, 2.45) is 0 Å². The zero-order valence-electron chi connectivity index (χ0n) is 10.9. The summed E-state index contributed by atoms with van der Waals surface area (Å²) in [6, 6.07) is 5.22. The number of nitrogens with zero attached hydrogens (tertiary/aromatic N) is 1. The molecule has 1 aliphatic carbocycles. The van der Waals surface area contributed by atoms with Gasteiger partial charge in [-0.25, -0.2) is 4.39 Å². The van der Waals surface area contributed by atoms with E-state index in [4.69, 9.17) is 0 Å². The Hall–Kier alpha value is -1.38. The number of rotatable bonds is 1. The van der Waals surface area contributed by atoms with Crippen LogP contribution in [0.15, 0.2) is 18.2 Å². The number of fused-ring (bicyclic) bond motifs is 1. The number of carbonyl (C=O) groups is 1. The molecule has 2 aliphatic rings. The molecule has 0 spiro atoms. The van der Waals surface area contributed by atoms with Crippen molar-refractivity contribution in [3.05, 3.63) is 29.6 Å². The number of benzene rings is 1. The third-order valence-corrected chi connectivity index (χ3v) is 4.34. The molecule has 1 aliphatic heterocycles. The van der Waals surface area contributed by atoms with Crippen LogP contribution in [0.5, 0.6) is 0 Å². The van der Waals surface area contributed by atoms with Gasteiger partial charge in [-0.15, -0.1) is 0 Å². The zero-order chi connectivity index (χ0) is 12.9. The number of hydrogen-bond acceptors (Lipinski definition) is 1. The molecule has 0 unspecified atom stereocenters. The second kappa shape index (κ2) is 3.81. The van der Waals surface area contributed by atoms with E-state index >= 15 is 0 Å². The molecule has 2 nitrogen and oxygen atoms in total. The Balaban J connectivity index is 2.15. The van der Waals surface area contributed by atoms with Crippen molar-refractivity contribution in [3.8, 4) is 0 Å². The van der Waals surface area contributed by atoms with E-state index in [1.807, 2.05) is 19.9 Å². The number of hydrogen-bond donors (Lipinski definition) is 0. The molecule has 0 N–H and O–H groups in total. The van der Waals surface area contributed by atoms with Crippen molar-refractivity contribution >= 4 is 11.6 Å². The summed E-state index contributed by atoms with van der Waals surface area (Å²) >= 11 is 0. The predicted molar refractivity (Wildman–Crippen MR) is 69.2 cm³/mol. The third kappa shape index (κ3) is 1.43. The molecule has 0 radical (unpaired) electrons. The summed E-state index contributed by atoms with van der Waals surface area (Å²) in [7, 11) is 0. The maximum atomic E-state index is 14.1. The van der Waals surface area contributed by atoms with Crippen molar-refractivity contribution in [2.75, 3.05) is 4.90 Å². The van der Waals surface area contributed by atoms with Crippen molar-refractivity contribution < 1.29 is 9.18 Å². The molecule has 1 fully saturated rings. The van der Waals surface area contributed by atoms with Crippen molar-refractivity contribution in [1.29, 1.82) is 0 Å². The third-order valence-electron chi connectivity index (χ3n) is 4.34. The van der Waals surface area contributed by atoms with Gasteiger partial charge in [0.15, 0.2) is 0 Å². The Kier molecular flexibility index (Phi) is 2.47. The van der Waals surface area contributed by atoms with Gasteiger partial charge in [0.1, 0.15) is 5.82 Å². The summed E-state index contributed by atoms with van der Waals surface area (Å²) in [5.74, 6) is -0.215. The summed E-state index contributed by atoms with van der Waals surface area (Å²) in [4.78, 5) is 14.3. The molecule has 0 bridgehead atoms. The van der Waals surface area contributed by atoms with Gasteiger partial charge in [0.05, 0.1) is 11.1 Å². The highest BCUT2D eigenvalue weighted by molar-refractivity contribution is 6.08. The van der Waals surface area contributed by atoms with Crippen LogP contribution in [0.3, 0.4) is 0 Å². The van der Waals surface area contributed by atoms with Crippen LogP contribution in [0.2, 0.25) is 0 Å². The van der Waals surface area contributed by atoms with Crippen LogP contribution in [0.1, 0.15) is 45.1 Å². The minimum absolute atomic E-state index is 0.0505. The van der Waals surface area contributed by atoms with Crippen LogP contribution >= 0.6 is 0 Å². The number of amides is 1. The van der Waals surface area contributed by atoms with Gasteiger partial charge in [0, 0.05) is 6.04 Å². The van der Waals surface area contributed by atoms with Crippen molar-refractivity contribution in [1.82, 2.24) is 0 Å². The van der Waals surface area contributed by atoms with E-state index in [0.717, 1.165) is 31.2 Å². The summed E-state index contributed by atoms with van der Waals surface area (Å²) in [5, 5.41) is 0. The van der Waals surface area contributed by atoms with Crippen LogP contribution in [0.25, 0.3) is 0 Å². The van der Waals surface area contributed by atoms with Crippen molar-refractivity contribution in [3.63, 3.8) is 0 Å². The highest BCUT2D eigenvalue weighted by atomic mass is 19.1. The van der Waals surface area contributed by atoms with E-state index in [9.17, 15) is 9.18 Å². The van der Waals surface area contributed by atoms with Crippen LogP contribution in [0.4, 0.5) is 10.1 Å². The molecule has 1 aromatic carbocycles. The topological polar surface area (TPSA) is 20.3 Å². The molecule has 1 heterocycles. The molecule has 3 rings (SSSR count). The van der Waals surface area contributed by atoms with Crippen LogP contribution in [0, 0.1) is 5.82 Å². The Bertz CT molecular complexity index is 503. The van der Waals surface area contributed by atoms with Crippen LogP contribution < -0.4 is 4.90 Å². The predicted octanol–water partition coefficient (Wildman–Crippen LogP) is 3.39. The van der Waals surface area contributed by atoms with Gasteiger partial charge in [-0.1, -0.05) is 25.0 Å². The first-order valence-electron chi connectivity index (χ1n) is 6.66. The standard InChI is InChI=1S/C15H18FNO/c1-15(2)11-8-5-9-12(16)13(11)17(14(15)18)10-6-3-4-7-10/h5,8-10H,3-4,6-7H2,1-2H3. The van der Waals surface area contributed by atoms with Crippen LogP contribution in [-0.4, -0.2) is 11.9 Å². The van der Waals surface area contributed by atoms with Gasteiger partial charge in [0.2, 0.25) is 5.91 Å². The average molecular weight is 247 g/mol. The normalized spacial score (nSPS) is 22.6. The van der Waals surface area contributed by atoms with Gasteiger partial charge in [-0.05, 0) is 38.3 Å². The quantitative estimate of drug-likeness (QED) is 0.745. The summed E-state index contributed by atoms with van der Waals surface area (Å²) in [6.07, 6.45) is 4.27. The monoisotopic (exact) mass is 247 g/mol. The minimum atomic E-state index is -0.597. The molecule has 0 aromatic heterocycles. The lowest BCUT2D eigenvalue weighted by atomic mass is 9.86. The average Bonchev–Trinajstić information content (AvgIpc) is 2.90. The first-order chi connectivity index (χ1) is 8.53. The molecule has 1 aromatic rings. The first-order valence-corrected chi connectivity index (χ1v) is 6.66. The Morgan fingerprint density at radius 1 is 1.28 bits per heavy atom. The SMILES string of the molecule is CC1(C)C(=O)N(C2CCCC2)c2c(F)cccc21. The summed E-state index contributed by atoms with van der Waals surface area (Å²) in [6.45, 7) is 3.78. The molecule has 0 atom stereocenters. The van der Waals surface area contributed by atoms with E-state index < -0.39 is 5.41 Å². The second-order valence-corrected chi connectivity index (χ2v) is 5.87.